The minimum atomic E-state index is -0.776. The fourth-order valence-electron chi connectivity index (χ4n) is 2.22. The SMILES string of the molecule is CCCC(C)(O)CNC(C)c1c(F)cccc1OC. The van der Waals surface area contributed by atoms with Gasteiger partial charge < -0.3 is 15.2 Å². The van der Waals surface area contributed by atoms with E-state index >= 15 is 0 Å². The summed E-state index contributed by atoms with van der Waals surface area (Å²) < 4.78 is 19.1. The van der Waals surface area contributed by atoms with Crippen LogP contribution in [0.15, 0.2) is 18.2 Å². The summed E-state index contributed by atoms with van der Waals surface area (Å²) in [5.74, 6) is 0.226. The van der Waals surface area contributed by atoms with Crippen molar-refractivity contribution < 1.29 is 14.2 Å². The Hall–Kier alpha value is -1.13. The zero-order chi connectivity index (χ0) is 14.5. The first-order chi connectivity index (χ1) is 8.91. The average Bonchev–Trinajstić information content (AvgIpc) is 2.35. The highest BCUT2D eigenvalue weighted by Crippen LogP contribution is 2.28. The van der Waals surface area contributed by atoms with Crippen molar-refractivity contribution in [1.82, 2.24) is 5.32 Å². The molecule has 0 fully saturated rings. The molecule has 1 aromatic carbocycles. The fourth-order valence-corrected chi connectivity index (χ4v) is 2.22. The van der Waals surface area contributed by atoms with Crippen molar-refractivity contribution in [2.24, 2.45) is 0 Å². The van der Waals surface area contributed by atoms with Crippen molar-refractivity contribution in [2.75, 3.05) is 13.7 Å². The van der Waals surface area contributed by atoms with Crippen LogP contribution >= 0.6 is 0 Å². The number of nitrogens with one attached hydrogen (secondary N) is 1. The number of ether oxygens (including phenoxy) is 1. The quantitative estimate of drug-likeness (QED) is 0.799. The van der Waals surface area contributed by atoms with Gasteiger partial charge in [-0.3, -0.25) is 0 Å². The van der Waals surface area contributed by atoms with Gasteiger partial charge in [-0.05, 0) is 32.4 Å². The van der Waals surface area contributed by atoms with E-state index in [9.17, 15) is 9.50 Å². The van der Waals surface area contributed by atoms with Crippen LogP contribution in [0.4, 0.5) is 4.39 Å². The monoisotopic (exact) mass is 269 g/mol. The van der Waals surface area contributed by atoms with Crippen molar-refractivity contribution in [2.45, 2.75) is 45.3 Å². The molecule has 0 saturated carbocycles. The molecule has 3 nitrogen and oxygen atoms in total. The summed E-state index contributed by atoms with van der Waals surface area (Å²) in [5.41, 5.74) is -0.279. The molecule has 0 spiro atoms. The Bertz CT molecular complexity index is 407. The summed E-state index contributed by atoms with van der Waals surface area (Å²) in [6, 6.07) is 4.55. The zero-order valence-corrected chi connectivity index (χ0v) is 12.2. The first-order valence-electron chi connectivity index (χ1n) is 6.69. The molecule has 0 heterocycles. The van der Waals surface area contributed by atoms with Gasteiger partial charge in [0.05, 0.1) is 12.7 Å². The summed E-state index contributed by atoms with van der Waals surface area (Å²) in [6.07, 6.45) is 1.62. The second kappa shape index (κ2) is 6.87. The molecule has 1 aromatic rings. The third-order valence-corrected chi connectivity index (χ3v) is 3.24. The van der Waals surface area contributed by atoms with E-state index < -0.39 is 5.60 Å². The number of rotatable bonds is 7. The van der Waals surface area contributed by atoms with E-state index in [-0.39, 0.29) is 11.9 Å². The van der Waals surface area contributed by atoms with Crippen molar-refractivity contribution in [3.8, 4) is 5.75 Å². The predicted octanol–water partition coefficient (Wildman–Crippen LogP) is 3.04. The minimum Gasteiger partial charge on any atom is -0.496 e. The van der Waals surface area contributed by atoms with E-state index in [1.165, 1.54) is 13.2 Å². The highest BCUT2D eigenvalue weighted by molar-refractivity contribution is 5.36. The Morgan fingerprint density at radius 1 is 1.47 bits per heavy atom. The lowest BCUT2D eigenvalue weighted by Gasteiger charge is -2.26. The lowest BCUT2D eigenvalue weighted by molar-refractivity contribution is 0.0474. The van der Waals surface area contributed by atoms with Crippen LogP contribution in [0, 0.1) is 5.82 Å². The minimum absolute atomic E-state index is 0.223. The Balaban J connectivity index is 2.76. The molecule has 2 N–H and O–H groups in total. The van der Waals surface area contributed by atoms with Gasteiger partial charge in [-0.15, -0.1) is 0 Å². The topological polar surface area (TPSA) is 41.5 Å². The molecule has 0 saturated heterocycles. The summed E-state index contributed by atoms with van der Waals surface area (Å²) in [7, 11) is 1.53. The molecule has 0 bridgehead atoms. The van der Waals surface area contributed by atoms with Crippen LogP contribution < -0.4 is 10.1 Å². The lowest BCUT2D eigenvalue weighted by Crippen LogP contribution is -2.39. The van der Waals surface area contributed by atoms with Crippen molar-refractivity contribution in [1.29, 1.82) is 0 Å². The van der Waals surface area contributed by atoms with Crippen molar-refractivity contribution >= 4 is 0 Å². The molecular formula is C15H24FNO2. The molecule has 1 rings (SSSR count). The number of hydrogen-bond acceptors (Lipinski definition) is 3. The highest BCUT2D eigenvalue weighted by Gasteiger charge is 2.22. The molecule has 0 aliphatic carbocycles. The van der Waals surface area contributed by atoms with Crippen LogP contribution in [-0.2, 0) is 0 Å². The van der Waals surface area contributed by atoms with Crippen LogP contribution in [0.3, 0.4) is 0 Å². The van der Waals surface area contributed by atoms with Gasteiger partial charge in [-0.1, -0.05) is 19.4 Å². The van der Waals surface area contributed by atoms with E-state index in [2.05, 4.69) is 5.32 Å². The van der Waals surface area contributed by atoms with Gasteiger partial charge in [0.2, 0.25) is 0 Å². The molecule has 19 heavy (non-hydrogen) atoms. The Morgan fingerprint density at radius 2 is 2.16 bits per heavy atom. The molecule has 0 radical (unpaired) electrons. The molecule has 2 unspecified atom stereocenters. The maximum Gasteiger partial charge on any atom is 0.131 e. The summed E-state index contributed by atoms with van der Waals surface area (Å²) in [5, 5.41) is 13.3. The number of hydrogen-bond donors (Lipinski definition) is 2. The van der Waals surface area contributed by atoms with Crippen LogP contribution in [0.2, 0.25) is 0 Å². The standard InChI is InChI=1S/C15H24FNO2/c1-5-9-15(3,18)10-17-11(2)14-12(16)7-6-8-13(14)19-4/h6-8,11,17-18H,5,9-10H2,1-4H3. The van der Waals surface area contributed by atoms with Crippen LogP contribution in [-0.4, -0.2) is 24.4 Å². The molecule has 4 heteroatoms. The first-order valence-corrected chi connectivity index (χ1v) is 6.69. The van der Waals surface area contributed by atoms with Gasteiger partial charge >= 0.3 is 0 Å². The largest absolute Gasteiger partial charge is 0.496 e. The number of methoxy groups -OCH3 is 1. The van der Waals surface area contributed by atoms with Gasteiger partial charge in [0, 0.05) is 18.2 Å². The van der Waals surface area contributed by atoms with Crippen molar-refractivity contribution in [3.05, 3.63) is 29.6 Å². The summed E-state index contributed by atoms with van der Waals surface area (Å²) >= 11 is 0. The van der Waals surface area contributed by atoms with Gasteiger partial charge in [-0.2, -0.15) is 0 Å². The van der Waals surface area contributed by atoms with Gasteiger partial charge in [0.25, 0.3) is 0 Å². The molecule has 108 valence electrons. The second-order valence-corrected chi connectivity index (χ2v) is 5.21. The number of aliphatic hydroxyl groups is 1. The van der Waals surface area contributed by atoms with Crippen LogP contribution in [0.25, 0.3) is 0 Å². The smallest absolute Gasteiger partial charge is 0.131 e. The van der Waals surface area contributed by atoms with E-state index in [1.807, 2.05) is 13.8 Å². The predicted molar refractivity (Wildman–Crippen MR) is 74.9 cm³/mol. The average molecular weight is 269 g/mol. The van der Waals surface area contributed by atoms with Gasteiger partial charge in [-0.25, -0.2) is 4.39 Å². The van der Waals surface area contributed by atoms with E-state index in [1.54, 1.807) is 19.1 Å². The Morgan fingerprint density at radius 3 is 2.74 bits per heavy atom. The third-order valence-electron chi connectivity index (χ3n) is 3.24. The molecule has 0 aliphatic heterocycles. The lowest BCUT2D eigenvalue weighted by atomic mass is 9.99. The van der Waals surface area contributed by atoms with Crippen LogP contribution in [0.5, 0.6) is 5.75 Å². The van der Waals surface area contributed by atoms with E-state index in [0.29, 0.717) is 24.3 Å². The molecule has 2 atom stereocenters. The normalized spacial score (nSPS) is 15.9. The van der Waals surface area contributed by atoms with E-state index in [4.69, 9.17) is 4.74 Å². The van der Waals surface area contributed by atoms with Crippen molar-refractivity contribution in [3.63, 3.8) is 0 Å². The molecule has 0 aliphatic rings. The maximum atomic E-state index is 13.9. The van der Waals surface area contributed by atoms with E-state index in [0.717, 1.165) is 6.42 Å². The third kappa shape index (κ3) is 4.48. The molecular weight excluding hydrogens is 245 g/mol. The van der Waals surface area contributed by atoms with Crippen LogP contribution in [0.1, 0.15) is 45.2 Å². The number of halogens is 1. The first kappa shape index (κ1) is 15.9. The number of benzene rings is 1. The van der Waals surface area contributed by atoms with Gasteiger partial charge in [0.15, 0.2) is 0 Å². The van der Waals surface area contributed by atoms with Gasteiger partial charge in [0.1, 0.15) is 11.6 Å². The maximum absolute atomic E-state index is 13.9. The molecule has 0 aromatic heterocycles. The highest BCUT2D eigenvalue weighted by atomic mass is 19.1. The second-order valence-electron chi connectivity index (χ2n) is 5.21. The zero-order valence-electron chi connectivity index (χ0n) is 12.2. The summed E-state index contributed by atoms with van der Waals surface area (Å²) in [4.78, 5) is 0. The fraction of sp³-hybridized carbons (Fsp3) is 0.600. The summed E-state index contributed by atoms with van der Waals surface area (Å²) in [6.45, 7) is 6.09. The Kier molecular flexibility index (Phi) is 5.76. The Labute approximate surface area is 114 Å². The molecule has 0 amide bonds.